The molecule has 2 aromatic rings. The second-order valence-electron chi connectivity index (χ2n) is 4.87. The molecule has 21 heavy (non-hydrogen) atoms. The van der Waals surface area contributed by atoms with Gasteiger partial charge in [0.15, 0.2) is 5.13 Å². The van der Waals surface area contributed by atoms with E-state index < -0.39 is 0 Å². The van der Waals surface area contributed by atoms with Gasteiger partial charge in [-0.3, -0.25) is 10.1 Å². The summed E-state index contributed by atoms with van der Waals surface area (Å²) in [5.74, 6) is 1.45. The Morgan fingerprint density at radius 1 is 1.33 bits per heavy atom. The second kappa shape index (κ2) is 5.73. The molecule has 0 unspecified atom stereocenters. The Hall–Kier alpha value is -2.08. The highest BCUT2D eigenvalue weighted by Gasteiger charge is 2.26. The second-order valence-corrected chi connectivity index (χ2v) is 5.73. The smallest absolute Gasteiger partial charge is 0.261 e. The Kier molecular flexibility index (Phi) is 3.79. The maximum absolute atomic E-state index is 12.4. The number of hydrogen-bond acceptors (Lipinski definition) is 5. The maximum atomic E-state index is 12.4. The van der Waals surface area contributed by atoms with E-state index in [1.54, 1.807) is 25.3 Å². The molecule has 0 saturated heterocycles. The summed E-state index contributed by atoms with van der Waals surface area (Å²) >= 11 is 1.45. The van der Waals surface area contributed by atoms with E-state index in [9.17, 15) is 4.79 Å². The lowest BCUT2D eigenvalue weighted by atomic mass is 10.1. The number of thiazole rings is 1. The minimum atomic E-state index is -0.248. The van der Waals surface area contributed by atoms with Crippen molar-refractivity contribution in [2.24, 2.45) is 0 Å². The molecule has 0 atom stereocenters. The Bertz CT molecular complexity index is 665. The van der Waals surface area contributed by atoms with Crippen molar-refractivity contribution in [1.29, 1.82) is 0 Å². The van der Waals surface area contributed by atoms with Crippen molar-refractivity contribution in [1.82, 2.24) is 4.98 Å². The fourth-order valence-electron chi connectivity index (χ4n) is 2.07. The molecule has 5 nitrogen and oxygen atoms in total. The van der Waals surface area contributed by atoms with Crippen LogP contribution < -0.4 is 14.8 Å². The van der Waals surface area contributed by atoms with Gasteiger partial charge in [0.1, 0.15) is 11.5 Å². The molecule has 1 saturated carbocycles. The van der Waals surface area contributed by atoms with E-state index in [0.717, 1.165) is 5.69 Å². The molecule has 110 valence electrons. The summed E-state index contributed by atoms with van der Waals surface area (Å²) in [6, 6.07) is 5.12. The predicted molar refractivity (Wildman–Crippen MR) is 81.6 cm³/mol. The van der Waals surface area contributed by atoms with E-state index in [1.807, 2.05) is 5.38 Å². The summed E-state index contributed by atoms with van der Waals surface area (Å²) in [6.07, 6.45) is 2.39. The third-order valence-corrected chi connectivity index (χ3v) is 4.17. The minimum absolute atomic E-state index is 0.248. The Morgan fingerprint density at radius 2 is 2.14 bits per heavy atom. The van der Waals surface area contributed by atoms with Crippen LogP contribution in [0.15, 0.2) is 23.6 Å². The topological polar surface area (TPSA) is 60.5 Å². The van der Waals surface area contributed by atoms with E-state index in [0.29, 0.717) is 28.1 Å². The van der Waals surface area contributed by atoms with Crippen LogP contribution in [0, 0.1) is 0 Å². The highest BCUT2D eigenvalue weighted by atomic mass is 32.1. The number of benzene rings is 1. The zero-order valence-electron chi connectivity index (χ0n) is 11.9. The van der Waals surface area contributed by atoms with Gasteiger partial charge in [-0.05, 0) is 31.0 Å². The first kappa shape index (κ1) is 13.9. The van der Waals surface area contributed by atoms with Crippen LogP contribution in [-0.2, 0) is 0 Å². The number of carbonyl (C=O) groups excluding carboxylic acids is 1. The first-order valence-electron chi connectivity index (χ1n) is 6.70. The van der Waals surface area contributed by atoms with Crippen molar-refractivity contribution in [2.75, 3.05) is 19.5 Å². The Balaban J connectivity index is 1.79. The van der Waals surface area contributed by atoms with Crippen molar-refractivity contribution in [3.63, 3.8) is 0 Å². The van der Waals surface area contributed by atoms with E-state index in [-0.39, 0.29) is 5.91 Å². The standard InChI is InChI=1S/C15H16N2O3S/c1-19-10-5-6-13(20-2)11(7-10)14(18)17-15-16-12(8-21-15)9-3-4-9/h5-9H,3-4H2,1-2H3,(H,16,17,18). The molecule has 1 aliphatic rings. The van der Waals surface area contributed by atoms with Crippen molar-refractivity contribution in [2.45, 2.75) is 18.8 Å². The Labute approximate surface area is 126 Å². The van der Waals surface area contributed by atoms with Crippen LogP contribution in [0.4, 0.5) is 5.13 Å². The SMILES string of the molecule is COc1ccc(OC)c(C(=O)Nc2nc(C3CC3)cs2)c1. The Morgan fingerprint density at radius 3 is 2.81 bits per heavy atom. The lowest BCUT2D eigenvalue weighted by molar-refractivity contribution is 0.102. The number of nitrogens with one attached hydrogen (secondary N) is 1. The lowest BCUT2D eigenvalue weighted by Crippen LogP contribution is -2.13. The summed E-state index contributed by atoms with van der Waals surface area (Å²) in [5, 5.41) is 5.45. The quantitative estimate of drug-likeness (QED) is 0.921. The normalized spacial score (nSPS) is 13.8. The molecule has 1 aliphatic carbocycles. The molecule has 0 spiro atoms. The fraction of sp³-hybridized carbons (Fsp3) is 0.333. The number of nitrogens with zero attached hydrogens (tertiary/aromatic N) is 1. The third kappa shape index (κ3) is 3.00. The van der Waals surface area contributed by atoms with E-state index >= 15 is 0 Å². The molecule has 1 heterocycles. The molecular weight excluding hydrogens is 288 g/mol. The van der Waals surface area contributed by atoms with Gasteiger partial charge in [0.05, 0.1) is 25.5 Å². The van der Waals surface area contributed by atoms with Crippen LogP contribution >= 0.6 is 11.3 Å². The summed E-state index contributed by atoms with van der Waals surface area (Å²) in [7, 11) is 3.10. The maximum Gasteiger partial charge on any atom is 0.261 e. The molecular formula is C15H16N2O3S. The highest BCUT2D eigenvalue weighted by molar-refractivity contribution is 7.14. The number of hydrogen-bond donors (Lipinski definition) is 1. The average molecular weight is 304 g/mol. The fourth-order valence-corrected chi connectivity index (χ4v) is 2.85. The zero-order chi connectivity index (χ0) is 14.8. The number of anilines is 1. The minimum Gasteiger partial charge on any atom is -0.497 e. The van der Waals surface area contributed by atoms with E-state index in [1.165, 1.54) is 31.3 Å². The van der Waals surface area contributed by atoms with E-state index in [2.05, 4.69) is 10.3 Å². The molecule has 1 fully saturated rings. The van der Waals surface area contributed by atoms with Gasteiger partial charge in [-0.25, -0.2) is 4.98 Å². The van der Waals surface area contributed by atoms with Gasteiger partial charge < -0.3 is 9.47 Å². The van der Waals surface area contributed by atoms with Crippen molar-refractivity contribution in [3.8, 4) is 11.5 Å². The van der Waals surface area contributed by atoms with Gasteiger partial charge in [-0.1, -0.05) is 0 Å². The summed E-state index contributed by atoms with van der Waals surface area (Å²) in [4.78, 5) is 16.8. The van der Waals surface area contributed by atoms with Gasteiger partial charge >= 0.3 is 0 Å². The number of rotatable bonds is 5. The van der Waals surface area contributed by atoms with Crippen LogP contribution in [0.3, 0.4) is 0 Å². The molecule has 1 aromatic carbocycles. The van der Waals surface area contributed by atoms with Gasteiger partial charge in [0, 0.05) is 11.3 Å². The van der Waals surface area contributed by atoms with Crippen molar-refractivity contribution in [3.05, 3.63) is 34.8 Å². The summed E-state index contributed by atoms with van der Waals surface area (Å²) in [5.41, 5.74) is 1.51. The average Bonchev–Trinajstić information content (AvgIpc) is 3.27. The highest BCUT2D eigenvalue weighted by Crippen LogP contribution is 2.41. The third-order valence-electron chi connectivity index (χ3n) is 3.39. The van der Waals surface area contributed by atoms with Crippen molar-refractivity contribution >= 4 is 22.4 Å². The zero-order valence-corrected chi connectivity index (χ0v) is 12.7. The van der Waals surface area contributed by atoms with Gasteiger partial charge in [-0.2, -0.15) is 0 Å². The predicted octanol–water partition coefficient (Wildman–Crippen LogP) is 3.29. The number of ether oxygens (including phenoxy) is 2. The van der Waals surface area contributed by atoms with Gasteiger partial charge in [0.25, 0.3) is 5.91 Å². The van der Waals surface area contributed by atoms with Crippen LogP contribution in [0.1, 0.15) is 34.8 Å². The molecule has 0 bridgehead atoms. The molecule has 3 rings (SSSR count). The lowest BCUT2D eigenvalue weighted by Gasteiger charge is -2.09. The summed E-state index contributed by atoms with van der Waals surface area (Å²) in [6.45, 7) is 0. The monoisotopic (exact) mass is 304 g/mol. The van der Waals surface area contributed by atoms with Gasteiger partial charge in [-0.15, -0.1) is 11.3 Å². The number of methoxy groups -OCH3 is 2. The molecule has 1 aromatic heterocycles. The van der Waals surface area contributed by atoms with Crippen LogP contribution in [0.2, 0.25) is 0 Å². The summed E-state index contributed by atoms with van der Waals surface area (Å²) < 4.78 is 10.4. The molecule has 0 aliphatic heterocycles. The van der Waals surface area contributed by atoms with E-state index in [4.69, 9.17) is 9.47 Å². The number of aromatic nitrogens is 1. The van der Waals surface area contributed by atoms with Crippen LogP contribution in [0.25, 0.3) is 0 Å². The van der Waals surface area contributed by atoms with Gasteiger partial charge in [0.2, 0.25) is 0 Å². The number of amides is 1. The van der Waals surface area contributed by atoms with Crippen LogP contribution in [-0.4, -0.2) is 25.1 Å². The largest absolute Gasteiger partial charge is 0.497 e. The molecule has 1 N–H and O–H groups in total. The molecule has 1 amide bonds. The first-order valence-corrected chi connectivity index (χ1v) is 7.58. The molecule has 0 radical (unpaired) electrons. The van der Waals surface area contributed by atoms with Crippen molar-refractivity contribution < 1.29 is 14.3 Å². The first-order chi connectivity index (χ1) is 10.2. The van der Waals surface area contributed by atoms with Crippen LogP contribution in [0.5, 0.6) is 11.5 Å². The number of carbonyl (C=O) groups is 1. The molecule has 6 heteroatoms.